The molecule has 1 heterocycles. The van der Waals surface area contributed by atoms with E-state index < -0.39 is 0 Å². The molecule has 1 saturated heterocycles. The third-order valence-corrected chi connectivity index (χ3v) is 7.46. The lowest BCUT2D eigenvalue weighted by molar-refractivity contribution is -0.142. The van der Waals surface area contributed by atoms with Crippen LogP contribution in [-0.4, -0.2) is 38.8 Å². The number of hydrogen-bond donors (Lipinski definition) is 1. The summed E-state index contributed by atoms with van der Waals surface area (Å²) in [7, 11) is 0. The van der Waals surface area contributed by atoms with Crippen molar-refractivity contribution in [3.05, 3.63) is 29.8 Å². The van der Waals surface area contributed by atoms with E-state index >= 15 is 0 Å². The largest absolute Gasteiger partial charge is 0.324 e. The average molecular weight is 458 g/mol. The van der Waals surface area contributed by atoms with E-state index in [0.717, 1.165) is 10.5 Å². The van der Waals surface area contributed by atoms with E-state index in [1.165, 1.54) is 0 Å². The lowest BCUT2D eigenvalue weighted by Gasteiger charge is -2.29. The molecule has 0 unspecified atom stereocenters. The van der Waals surface area contributed by atoms with Crippen LogP contribution in [0, 0.1) is 18.8 Å². The van der Waals surface area contributed by atoms with E-state index in [4.69, 9.17) is 0 Å². The molecule has 0 aromatic heterocycles. The van der Waals surface area contributed by atoms with Gasteiger partial charge in [-0.25, -0.2) is 0 Å². The number of carbonyl (C=O) groups excluding carboxylic acids is 3. The first kappa shape index (κ1) is 17.6. The van der Waals surface area contributed by atoms with Crippen LogP contribution in [0.15, 0.2) is 24.3 Å². The van der Waals surface area contributed by atoms with Gasteiger partial charge in [-0.05, 0) is 31.4 Å². The fourth-order valence-corrected chi connectivity index (χ4v) is 4.60. The number of aryl methyl sites for hydroxylation is 1. The van der Waals surface area contributed by atoms with Crippen molar-refractivity contribution in [3.63, 3.8) is 0 Å². The van der Waals surface area contributed by atoms with E-state index in [2.05, 4.69) is 37.2 Å². The number of imide groups is 1. The highest BCUT2D eigenvalue weighted by Gasteiger charge is 2.52. The second kappa shape index (κ2) is 6.96. The van der Waals surface area contributed by atoms with E-state index in [1.807, 2.05) is 25.1 Å². The normalized spacial score (nSPS) is 29.5. The summed E-state index contributed by atoms with van der Waals surface area (Å²) in [4.78, 5) is 38.8. The highest BCUT2D eigenvalue weighted by Crippen LogP contribution is 2.43. The van der Waals surface area contributed by atoms with Gasteiger partial charge in [0.1, 0.15) is 6.54 Å². The molecule has 7 heteroatoms. The molecule has 1 saturated carbocycles. The smallest absolute Gasteiger partial charge is 0.244 e. The van der Waals surface area contributed by atoms with E-state index in [9.17, 15) is 14.4 Å². The fraction of sp³-hybridized carbons (Fsp3) is 0.471. The molecular formula is C17H18Br2N2O3. The molecule has 1 aliphatic carbocycles. The van der Waals surface area contributed by atoms with Crippen LogP contribution in [0.25, 0.3) is 0 Å². The molecule has 1 aromatic carbocycles. The summed E-state index contributed by atoms with van der Waals surface area (Å²) in [5.41, 5.74) is 1.63. The van der Waals surface area contributed by atoms with Gasteiger partial charge in [-0.3, -0.25) is 19.3 Å². The molecule has 2 fully saturated rings. The van der Waals surface area contributed by atoms with Crippen molar-refractivity contribution in [2.45, 2.75) is 29.4 Å². The van der Waals surface area contributed by atoms with Crippen LogP contribution in [0.1, 0.15) is 18.4 Å². The molecule has 0 bridgehead atoms. The molecule has 1 aliphatic heterocycles. The van der Waals surface area contributed by atoms with Crippen molar-refractivity contribution >= 4 is 55.3 Å². The third-order valence-electron chi connectivity index (χ3n) is 4.72. The van der Waals surface area contributed by atoms with Crippen molar-refractivity contribution in [3.8, 4) is 0 Å². The molecule has 5 nitrogen and oxygen atoms in total. The standard InChI is InChI=1S/C17H18Br2N2O3/c1-9-4-2-3-5-14(9)20-15(22)8-21-16(23)10-6-12(18)13(19)7-11(10)17(21)24/h2-5,10-13H,6-8H2,1H3,(H,20,22)/t10-,11-,12-,13+/m1/s1. The average Bonchev–Trinajstić information content (AvgIpc) is 2.75. The number of likely N-dealkylation sites (tertiary alicyclic amines) is 1. The minimum atomic E-state index is -0.351. The predicted molar refractivity (Wildman–Crippen MR) is 98.2 cm³/mol. The Bertz CT molecular complexity index is 666. The van der Waals surface area contributed by atoms with Gasteiger partial charge in [0.25, 0.3) is 0 Å². The van der Waals surface area contributed by atoms with Gasteiger partial charge in [-0.2, -0.15) is 0 Å². The van der Waals surface area contributed by atoms with Crippen molar-refractivity contribution in [1.29, 1.82) is 0 Å². The Morgan fingerprint density at radius 1 is 1.12 bits per heavy atom. The van der Waals surface area contributed by atoms with Crippen LogP contribution < -0.4 is 5.32 Å². The molecule has 4 atom stereocenters. The zero-order valence-electron chi connectivity index (χ0n) is 13.2. The summed E-state index contributed by atoms with van der Waals surface area (Å²) in [5.74, 6) is -1.44. The number of halogens is 2. The number of para-hydroxylation sites is 1. The number of benzene rings is 1. The quantitative estimate of drug-likeness (QED) is 0.560. The van der Waals surface area contributed by atoms with Crippen LogP contribution >= 0.6 is 31.9 Å². The van der Waals surface area contributed by atoms with Gasteiger partial charge in [0.05, 0.1) is 11.8 Å². The number of anilines is 1. The summed E-state index contributed by atoms with van der Waals surface area (Å²) in [5, 5.41) is 2.77. The first-order valence-corrected chi connectivity index (χ1v) is 9.70. The fourth-order valence-electron chi connectivity index (χ4n) is 3.37. The summed E-state index contributed by atoms with van der Waals surface area (Å²) < 4.78 is 0. The number of nitrogens with zero attached hydrogens (tertiary/aromatic N) is 1. The molecule has 1 N–H and O–H groups in total. The topological polar surface area (TPSA) is 66.5 Å². The molecule has 3 rings (SSSR count). The molecule has 24 heavy (non-hydrogen) atoms. The SMILES string of the molecule is Cc1ccccc1NC(=O)CN1C(=O)[C@@H]2C[C@@H](Br)[C@@H](Br)C[C@H]2C1=O. The number of nitrogens with one attached hydrogen (secondary N) is 1. The third kappa shape index (κ3) is 3.28. The van der Waals surface area contributed by atoms with Gasteiger partial charge in [-0.15, -0.1) is 0 Å². The van der Waals surface area contributed by atoms with Crippen molar-refractivity contribution in [2.75, 3.05) is 11.9 Å². The molecule has 0 radical (unpaired) electrons. The maximum absolute atomic E-state index is 12.5. The zero-order chi connectivity index (χ0) is 17.4. The van der Waals surface area contributed by atoms with E-state index in [0.29, 0.717) is 18.5 Å². The first-order chi connectivity index (χ1) is 11.4. The molecule has 0 spiro atoms. The van der Waals surface area contributed by atoms with Crippen LogP contribution in [0.4, 0.5) is 5.69 Å². The highest BCUT2D eigenvalue weighted by molar-refractivity contribution is 9.12. The first-order valence-electron chi connectivity index (χ1n) is 7.87. The second-order valence-corrected chi connectivity index (χ2v) is 8.69. The number of fused-ring (bicyclic) bond motifs is 1. The van der Waals surface area contributed by atoms with Crippen molar-refractivity contribution < 1.29 is 14.4 Å². The minimum absolute atomic E-state index is 0.163. The summed E-state index contributed by atoms with van der Waals surface area (Å²) in [6.07, 6.45) is 1.22. The number of rotatable bonds is 3. The number of hydrogen-bond acceptors (Lipinski definition) is 3. The van der Waals surface area contributed by atoms with Gasteiger partial charge in [0, 0.05) is 15.3 Å². The summed E-state index contributed by atoms with van der Waals surface area (Å²) in [6, 6.07) is 7.40. The maximum atomic E-state index is 12.5. The second-order valence-electron chi connectivity index (χ2n) is 6.34. The van der Waals surface area contributed by atoms with Gasteiger partial charge in [-0.1, -0.05) is 50.1 Å². The Kier molecular flexibility index (Phi) is 5.11. The lowest BCUT2D eigenvalue weighted by Crippen LogP contribution is -2.38. The van der Waals surface area contributed by atoms with Gasteiger partial charge in [0.15, 0.2) is 0 Å². The Morgan fingerprint density at radius 3 is 2.21 bits per heavy atom. The molecule has 2 aliphatic rings. The van der Waals surface area contributed by atoms with Crippen LogP contribution in [0.3, 0.4) is 0 Å². The van der Waals surface area contributed by atoms with Crippen LogP contribution in [-0.2, 0) is 14.4 Å². The van der Waals surface area contributed by atoms with Crippen molar-refractivity contribution in [1.82, 2.24) is 4.90 Å². The van der Waals surface area contributed by atoms with Gasteiger partial charge < -0.3 is 5.32 Å². The Hall–Kier alpha value is -1.21. The summed E-state index contributed by atoms with van der Waals surface area (Å²) in [6.45, 7) is 1.67. The lowest BCUT2D eigenvalue weighted by atomic mass is 9.81. The maximum Gasteiger partial charge on any atom is 0.244 e. The van der Waals surface area contributed by atoms with Crippen molar-refractivity contribution in [2.24, 2.45) is 11.8 Å². The van der Waals surface area contributed by atoms with Gasteiger partial charge in [0.2, 0.25) is 17.7 Å². The molecule has 3 amide bonds. The summed E-state index contributed by atoms with van der Waals surface area (Å²) >= 11 is 7.10. The zero-order valence-corrected chi connectivity index (χ0v) is 16.3. The molecular weight excluding hydrogens is 440 g/mol. The Labute approximate surface area is 157 Å². The monoisotopic (exact) mass is 456 g/mol. The Morgan fingerprint density at radius 2 is 1.67 bits per heavy atom. The van der Waals surface area contributed by atoms with Crippen LogP contribution in [0.2, 0.25) is 0 Å². The van der Waals surface area contributed by atoms with Gasteiger partial charge >= 0.3 is 0 Å². The number of alkyl halides is 2. The van der Waals surface area contributed by atoms with Crippen LogP contribution in [0.5, 0.6) is 0 Å². The molecule has 128 valence electrons. The number of amides is 3. The Balaban J connectivity index is 1.69. The predicted octanol–water partition coefficient (Wildman–Crippen LogP) is 2.86. The number of carbonyl (C=O) groups is 3. The van der Waals surface area contributed by atoms with E-state index in [1.54, 1.807) is 6.07 Å². The van der Waals surface area contributed by atoms with E-state index in [-0.39, 0.29) is 45.8 Å². The molecule has 1 aromatic rings. The highest BCUT2D eigenvalue weighted by atomic mass is 79.9. The minimum Gasteiger partial charge on any atom is -0.324 e.